The van der Waals surface area contributed by atoms with Gasteiger partial charge in [0.1, 0.15) is 18.7 Å². The minimum atomic E-state index is -1.12. The van der Waals surface area contributed by atoms with Crippen molar-refractivity contribution >= 4 is 39.3 Å². The molecule has 51 heavy (non-hydrogen) atoms. The molecule has 0 aliphatic heterocycles. The minimum absolute atomic E-state index is 0.0289. The molecule has 0 aromatic heterocycles. The zero-order chi connectivity index (χ0) is 38.4. The topological polar surface area (TPSA) is 148 Å². The van der Waals surface area contributed by atoms with Crippen LogP contribution in [0, 0.1) is 0 Å². The summed E-state index contributed by atoms with van der Waals surface area (Å²) in [5, 5.41) is 37.4. The molecular formula is C39H67N4O6S2+. The van der Waals surface area contributed by atoms with Crippen LogP contribution >= 0.6 is 21.6 Å². The van der Waals surface area contributed by atoms with Crippen molar-refractivity contribution in [2.45, 2.75) is 102 Å². The van der Waals surface area contributed by atoms with Crippen LogP contribution in [-0.2, 0) is 14.4 Å². The number of rotatable bonds is 29. The van der Waals surface area contributed by atoms with Gasteiger partial charge in [0, 0.05) is 30.0 Å². The molecule has 3 amide bonds. The first-order valence-electron chi connectivity index (χ1n) is 18.0. The molecular weight excluding hydrogens is 685 g/mol. The lowest BCUT2D eigenvalue weighted by molar-refractivity contribution is -0.873. The Labute approximate surface area is 316 Å². The molecule has 0 heterocycles. The van der Waals surface area contributed by atoms with Crippen LogP contribution in [0.1, 0.15) is 78.6 Å². The minimum Gasteiger partial charge on any atom is -0.394 e. The molecule has 3 atom stereocenters. The second kappa shape index (κ2) is 29.9. The smallest absolute Gasteiger partial charge is 0.244 e. The molecule has 12 heteroatoms. The van der Waals surface area contributed by atoms with Gasteiger partial charge in [-0.15, -0.1) is 0 Å². The summed E-state index contributed by atoms with van der Waals surface area (Å²) in [6.45, 7) is 5.95. The van der Waals surface area contributed by atoms with E-state index in [0.29, 0.717) is 36.2 Å². The van der Waals surface area contributed by atoms with Crippen LogP contribution in [0.5, 0.6) is 0 Å². The summed E-state index contributed by atoms with van der Waals surface area (Å²) in [7, 11) is 8.61. The van der Waals surface area contributed by atoms with E-state index >= 15 is 0 Å². The first-order chi connectivity index (χ1) is 24.2. The number of aliphatic hydroxyl groups is 3. The second-order valence-electron chi connectivity index (χ2n) is 13.7. The van der Waals surface area contributed by atoms with Crippen molar-refractivity contribution in [3.63, 3.8) is 0 Å². The van der Waals surface area contributed by atoms with E-state index in [1.807, 2.05) is 41.1 Å². The monoisotopic (exact) mass is 751 g/mol. The number of amides is 3. The maximum Gasteiger partial charge on any atom is 0.244 e. The van der Waals surface area contributed by atoms with Gasteiger partial charge in [-0.2, -0.15) is 0 Å². The molecule has 6 N–H and O–H groups in total. The maximum absolute atomic E-state index is 13.1. The van der Waals surface area contributed by atoms with E-state index in [9.17, 15) is 24.6 Å². The van der Waals surface area contributed by atoms with Gasteiger partial charge in [-0.3, -0.25) is 14.4 Å². The van der Waals surface area contributed by atoms with Crippen LogP contribution in [0.25, 0.3) is 0 Å². The molecule has 0 saturated heterocycles. The molecule has 10 nitrogen and oxygen atoms in total. The Balaban J connectivity index is 4.43. The predicted octanol–water partition coefficient (Wildman–Crippen LogP) is 5.15. The van der Waals surface area contributed by atoms with Crippen LogP contribution in [0.3, 0.4) is 0 Å². The van der Waals surface area contributed by atoms with Crippen molar-refractivity contribution in [3.8, 4) is 0 Å². The van der Waals surface area contributed by atoms with Crippen LogP contribution in [-0.4, -0.2) is 114 Å². The van der Waals surface area contributed by atoms with Gasteiger partial charge < -0.3 is 35.8 Å². The van der Waals surface area contributed by atoms with Gasteiger partial charge in [0.25, 0.3) is 0 Å². The molecule has 290 valence electrons. The molecule has 0 saturated carbocycles. The highest BCUT2D eigenvalue weighted by molar-refractivity contribution is 8.77. The summed E-state index contributed by atoms with van der Waals surface area (Å²) >= 11 is 0. The quantitative estimate of drug-likeness (QED) is 0.0266. The SMILES string of the molecule is CC/C=C\C/C=C\C/C=C\C/C=C\C/C=C\C/C=C\CCC(=O)NCCSSC(C)(C)[C@H](NC(=O)CC(O)C[N+](C)(C)C)C(=O)NC[C@@H](O)CO. The van der Waals surface area contributed by atoms with Gasteiger partial charge in [-0.25, -0.2) is 0 Å². The van der Waals surface area contributed by atoms with Crippen LogP contribution < -0.4 is 16.0 Å². The summed E-state index contributed by atoms with van der Waals surface area (Å²) in [6.07, 6.45) is 30.5. The van der Waals surface area contributed by atoms with E-state index in [1.54, 1.807) is 0 Å². The molecule has 0 aromatic carbocycles. The molecule has 0 fully saturated rings. The number of allylic oxidation sites excluding steroid dienone is 12. The van der Waals surface area contributed by atoms with Crippen molar-refractivity contribution < 1.29 is 34.2 Å². The number of carbonyl (C=O) groups is 3. The third-order valence-electron chi connectivity index (χ3n) is 7.08. The molecule has 0 radical (unpaired) electrons. The van der Waals surface area contributed by atoms with Gasteiger partial charge in [-0.05, 0) is 58.8 Å². The Morgan fingerprint density at radius 2 is 1.25 bits per heavy atom. The molecule has 0 aliphatic carbocycles. The van der Waals surface area contributed by atoms with Crippen LogP contribution in [0.15, 0.2) is 72.9 Å². The Morgan fingerprint density at radius 3 is 1.75 bits per heavy atom. The predicted molar refractivity (Wildman–Crippen MR) is 216 cm³/mol. The molecule has 0 aliphatic rings. The largest absolute Gasteiger partial charge is 0.394 e. The lowest BCUT2D eigenvalue weighted by atomic mass is 10.0. The van der Waals surface area contributed by atoms with Crippen molar-refractivity contribution in [1.29, 1.82) is 0 Å². The number of carbonyl (C=O) groups excluding carboxylic acids is 3. The van der Waals surface area contributed by atoms with E-state index in [0.717, 1.165) is 38.5 Å². The van der Waals surface area contributed by atoms with Crippen LogP contribution in [0.4, 0.5) is 0 Å². The highest BCUT2D eigenvalue weighted by Gasteiger charge is 2.38. The van der Waals surface area contributed by atoms with Gasteiger partial charge in [-0.1, -0.05) is 101 Å². The Morgan fingerprint density at radius 1 is 0.745 bits per heavy atom. The van der Waals surface area contributed by atoms with Crippen LogP contribution in [0.2, 0.25) is 0 Å². The molecule has 0 spiro atoms. The van der Waals surface area contributed by atoms with Gasteiger partial charge in [0.2, 0.25) is 17.7 Å². The number of nitrogens with zero attached hydrogens (tertiary/aromatic N) is 1. The molecule has 0 rings (SSSR count). The van der Waals surface area contributed by atoms with E-state index in [2.05, 4.69) is 89.7 Å². The molecule has 0 bridgehead atoms. The van der Waals surface area contributed by atoms with Crippen molar-refractivity contribution in [3.05, 3.63) is 72.9 Å². The average molecular weight is 752 g/mol. The fourth-order valence-corrected chi connectivity index (χ4v) is 7.02. The second-order valence-corrected chi connectivity index (χ2v) is 16.8. The Kier molecular flexibility index (Phi) is 28.4. The summed E-state index contributed by atoms with van der Waals surface area (Å²) in [5.41, 5.74) is 0. The highest BCUT2D eigenvalue weighted by Crippen LogP contribution is 2.38. The first-order valence-corrected chi connectivity index (χ1v) is 20.4. The number of aliphatic hydroxyl groups excluding tert-OH is 3. The van der Waals surface area contributed by atoms with E-state index in [4.69, 9.17) is 5.11 Å². The third kappa shape index (κ3) is 29.6. The molecule has 1 unspecified atom stereocenters. The summed E-state index contributed by atoms with van der Waals surface area (Å²) in [5.74, 6) is -0.402. The van der Waals surface area contributed by atoms with Crippen molar-refractivity contribution in [1.82, 2.24) is 16.0 Å². The third-order valence-corrected chi connectivity index (χ3v) is 10.4. The first kappa shape index (κ1) is 48.4. The maximum atomic E-state index is 13.1. The lowest BCUT2D eigenvalue weighted by Crippen LogP contribution is -2.57. The van der Waals surface area contributed by atoms with Gasteiger partial charge >= 0.3 is 0 Å². The van der Waals surface area contributed by atoms with Gasteiger partial charge in [0.15, 0.2) is 0 Å². The Hall–Kier alpha value is -2.61. The fourth-order valence-electron chi connectivity index (χ4n) is 4.49. The normalized spacial score (nSPS) is 14.8. The lowest BCUT2D eigenvalue weighted by Gasteiger charge is -2.33. The van der Waals surface area contributed by atoms with E-state index in [-0.39, 0.29) is 18.9 Å². The van der Waals surface area contributed by atoms with Gasteiger partial charge in [0.05, 0.1) is 40.3 Å². The summed E-state index contributed by atoms with van der Waals surface area (Å²) in [4.78, 5) is 38.1. The van der Waals surface area contributed by atoms with Crippen molar-refractivity contribution in [2.24, 2.45) is 0 Å². The van der Waals surface area contributed by atoms with E-state index < -0.39 is 41.4 Å². The number of hydrogen-bond acceptors (Lipinski definition) is 8. The summed E-state index contributed by atoms with van der Waals surface area (Å²) in [6, 6.07) is -0.972. The number of likely N-dealkylation sites (N-methyl/N-ethyl adjacent to an activating group) is 1. The fraction of sp³-hybridized carbons (Fsp3) is 0.615. The Bertz CT molecular complexity index is 1150. The highest BCUT2D eigenvalue weighted by atomic mass is 33.1. The standard InChI is InChI=1S/C39H66N4O6S2/c1-7-8-9-10-11-12-13-14-15-16-17-18-19-20-21-22-23-24-25-26-35(47)40-27-28-50-51-39(2,3)37(38(49)41-30-34(46)32-44)42-36(48)29-33(45)31-43(4,5)6/h8-9,11-12,14-15,17-18,20-21,23-24,33-34,37,44-46H,7,10,13,16,19,22,25-32H2,1-6H3,(H2-,40,41,42,47,48,49)/p+1/b9-8-,12-11-,15-14-,18-17-,21-20-,24-23-/t33?,34-,37-/m1/s1. The zero-order valence-corrected chi connectivity index (χ0v) is 33.5. The average Bonchev–Trinajstić information content (AvgIpc) is 3.05. The zero-order valence-electron chi connectivity index (χ0n) is 31.9. The number of hydrogen-bond donors (Lipinski definition) is 6. The van der Waals surface area contributed by atoms with E-state index in [1.165, 1.54) is 21.6 Å². The number of quaternary nitrogens is 1. The van der Waals surface area contributed by atoms with Crippen molar-refractivity contribution in [2.75, 3.05) is 53.1 Å². The number of nitrogens with one attached hydrogen (secondary N) is 3. The molecule has 0 aromatic rings. The summed E-state index contributed by atoms with van der Waals surface area (Å²) < 4.78 is -0.298.